The highest BCUT2D eigenvalue weighted by atomic mass is 16.5. The number of fused-ring (bicyclic) bond motifs is 1. The van der Waals surface area contributed by atoms with E-state index in [0.29, 0.717) is 13.2 Å². The molecule has 0 aromatic heterocycles. The lowest BCUT2D eigenvalue weighted by Gasteiger charge is -2.23. The first-order valence-corrected chi connectivity index (χ1v) is 6.30. The van der Waals surface area contributed by atoms with Gasteiger partial charge in [0.05, 0.1) is 6.61 Å². The molecule has 1 aromatic carbocycles. The molecule has 1 heterocycles. The molecule has 1 aliphatic rings. The van der Waals surface area contributed by atoms with E-state index in [1.807, 2.05) is 19.2 Å². The minimum atomic E-state index is 0.0887. The van der Waals surface area contributed by atoms with Crippen molar-refractivity contribution in [3.63, 3.8) is 0 Å². The molecule has 0 aliphatic carbocycles. The van der Waals surface area contributed by atoms with E-state index in [9.17, 15) is 4.79 Å². The molecule has 1 aromatic rings. The lowest BCUT2D eigenvalue weighted by atomic mass is 9.95. The van der Waals surface area contributed by atoms with E-state index < -0.39 is 0 Å². The maximum absolute atomic E-state index is 12.4. The molecule has 0 radical (unpaired) electrons. The molecule has 4 nitrogen and oxygen atoms in total. The van der Waals surface area contributed by atoms with Crippen LogP contribution in [0.4, 0.5) is 0 Å². The summed E-state index contributed by atoms with van der Waals surface area (Å²) in [5.41, 5.74) is 3.28. The molecule has 0 fully saturated rings. The summed E-state index contributed by atoms with van der Waals surface area (Å²) in [7, 11) is 3.47. The number of carbonyl (C=O) groups is 1. The van der Waals surface area contributed by atoms with Gasteiger partial charge in [0.25, 0.3) is 5.91 Å². The molecule has 4 heteroatoms. The van der Waals surface area contributed by atoms with Crippen molar-refractivity contribution in [3.8, 4) is 0 Å². The zero-order valence-electron chi connectivity index (χ0n) is 11.0. The number of hydrogen-bond donors (Lipinski definition) is 1. The van der Waals surface area contributed by atoms with Gasteiger partial charge in [0, 0.05) is 32.8 Å². The number of nitrogens with one attached hydrogen (secondary N) is 1. The molecule has 0 bridgehead atoms. The van der Waals surface area contributed by atoms with Crippen LogP contribution in [0, 0.1) is 0 Å². The van der Waals surface area contributed by atoms with Crippen LogP contribution in [0.2, 0.25) is 0 Å². The van der Waals surface area contributed by atoms with Crippen LogP contribution in [-0.2, 0) is 17.7 Å². The molecule has 0 saturated carbocycles. The zero-order valence-corrected chi connectivity index (χ0v) is 11.0. The van der Waals surface area contributed by atoms with E-state index >= 15 is 0 Å². The largest absolute Gasteiger partial charge is 0.383 e. The molecular formula is C14H20N2O2. The predicted molar refractivity (Wildman–Crippen MR) is 70.7 cm³/mol. The summed E-state index contributed by atoms with van der Waals surface area (Å²) in [6.45, 7) is 2.99. The van der Waals surface area contributed by atoms with Gasteiger partial charge in [0.2, 0.25) is 0 Å². The monoisotopic (exact) mass is 248 g/mol. The van der Waals surface area contributed by atoms with Crippen molar-refractivity contribution in [1.82, 2.24) is 10.2 Å². The van der Waals surface area contributed by atoms with E-state index in [2.05, 4.69) is 11.4 Å². The van der Waals surface area contributed by atoms with Gasteiger partial charge < -0.3 is 15.0 Å². The van der Waals surface area contributed by atoms with Gasteiger partial charge in [-0.05, 0) is 30.2 Å². The fourth-order valence-electron chi connectivity index (χ4n) is 2.27. The van der Waals surface area contributed by atoms with E-state index in [1.165, 1.54) is 11.1 Å². The number of amides is 1. The van der Waals surface area contributed by atoms with Crippen LogP contribution >= 0.6 is 0 Å². The van der Waals surface area contributed by atoms with Gasteiger partial charge in [0.15, 0.2) is 0 Å². The van der Waals surface area contributed by atoms with E-state index in [4.69, 9.17) is 4.74 Å². The highest BCUT2D eigenvalue weighted by Gasteiger charge is 2.19. The van der Waals surface area contributed by atoms with Crippen LogP contribution in [0.15, 0.2) is 18.2 Å². The molecule has 0 saturated heterocycles. The Morgan fingerprint density at radius 3 is 3.11 bits per heavy atom. The van der Waals surface area contributed by atoms with Crippen LogP contribution in [0.5, 0.6) is 0 Å². The second-order valence-corrected chi connectivity index (χ2v) is 4.59. The molecular weight excluding hydrogens is 228 g/mol. The molecule has 18 heavy (non-hydrogen) atoms. The van der Waals surface area contributed by atoms with Crippen molar-refractivity contribution in [3.05, 3.63) is 34.9 Å². The molecule has 0 spiro atoms. The van der Waals surface area contributed by atoms with Crippen molar-refractivity contribution < 1.29 is 9.53 Å². The Bertz CT molecular complexity index is 432. The predicted octanol–water partition coefficient (Wildman–Crippen LogP) is 1.05. The normalized spacial score (nSPS) is 14.1. The van der Waals surface area contributed by atoms with Gasteiger partial charge in [0.1, 0.15) is 0 Å². The summed E-state index contributed by atoms with van der Waals surface area (Å²) in [6.07, 6.45) is 0.926. The van der Waals surface area contributed by atoms with Gasteiger partial charge in [-0.1, -0.05) is 12.1 Å². The maximum atomic E-state index is 12.4. The number of benzene rings is 1. The van der Waals surface area contributed by atoms with E-state index in [0.717, 1.165) is 25.1 Å². The Morgan fingerprint density at radius 2 is 2.33 bits per heavy atom. The first-order chi connectivity index (χ1) is 8.74. The van der Waals surface area contributed by atoms with Crippen LogP contribution in [0.25, 0.3) is 0 Å². The Labute approximate surface area is 108 Å². The SMILES string of the molecule is COCCN(C)C(=O)c1cccc2c1CCNC2. The number of nitrogens with zero attached hydrogens (tertiary/aromatic N) is 1. The third-order valence-corrected chi connectivity index (χ3v) is 3.35. The second kappa shape index (κ2) is 5.98. The summed E-state index contributed by atoms with van der Waals surface area (Å²) < 4.78 is 5.01. The minimum absolute atomic E-state index is 0.0887. The van der Waals surface area contributed by atoms with Crippen molar-refractivity contribution in [2.45, 2.75) is 13.0 Å². The van der Waals surface area contributed by atoms with Crippen LogP contribution in [0.3, 0.4) is 0 Å². The third kappa shape index (κ3) is 2.71. The Morgan fingerprint density at radius 1 is 1.50 bits per heavy atom. The lowest BCUT2D eigenvalue weighted by molar-refractivity contribution is 0.0743. The number of likely N-dealkylation sites (N-methyl/N-ethyl adjacent to an activating group) is 1. The maximum Gasteiger partial charge on any atom is 0.253 e. The van der Waals surface area contributed by atoms with Crippen molar-refractivity contribution >= 4 is 5.91 Å². The van der Waals surface area contributed by atoms with Crippen LogP contribution in [-0.4, -0.2) is 44.7 Å². The first-order valence-electron chi connectivity index (χ1n) is 6.30. The summed E-state index contributed by atoms with van der Waals surface area (Å²) in [5, 5.41) is 3.33. The quantitative estimate of drug-likeness (QED) is 0.866. The molecule has 0 atom stereocenters. The summed E-state index contributed by atoms with van der Waals surface area (Å²) in [4.78, 5) is 14.1. The Kier molecular flexibility index (Phi) is 4.33. The van der Waals surface area contributed by atoms with Crippen LogP contribution < -0.4 is 5.32 Å². The van der Waals surface area contributed by atoms with Gasteiger partial charge in [-0.25, -0.2) is 0 Å². The Balaban J connectivity index is 2.19. The topological polar surface area (TPSA) is 41.6 Å². The molecule has 1 aliphatic heterocycles. The number of rotatable bonds is 4. The average molecular weight is 248 g/mol. The van der Waals surface area contributed by atoms with Crippen LogP contribution in [0.1, 0.15) is 21.5 Å². The number of methoxy groups -OCH3 is 1. The van der Waals surface area contributed by atoms with Gasteiger partial charge in [-0.2, -0.15) is 0 Å². The van der Waals surface area contributed by atoms with Gasteiger partial charge in [-0.15, -0.1) is 0 Å². The molecule has 98 valence electrons. The highest BCUT2D eigenvalue weighted by Crippen LogP contribution is 2.19. The fraction of sp³-hybridized carbons (Fsp3) is 0.500. The minimum Gasteiger partial charge on any atom is -0.383 e. The van der Waals surface area contributed by atoms with Crippen molar-refractivity contribution in [1.29, 1.82) is 0 Å². The number of ether oxygens (including phenoxy) is 1. The molecule has 1 amide bonds. The summed E-state index contributed by atoms with van der Waals surface area (Å²) in [5.74, 6) is 0.0887. The molecule has 0 unspecified atom stereocenters. The van der Waals surface area contributed by atoms with Crippen molar-refractivity contribution in [2.24, 2.45) is 0 Å². The van der Waals surface area contributed by atoms with E-state index in [1.54, 1.807) is 12.0 Å². The zero-order chi connectivity index (χ0) is 13.0. The van der Waals surface area contributed by atoms with Gasteiger partial charge in [-0.3, -0.25) is 4.79 Å². The summed E-state index contributed by atoms with van der Waals surface area (Å²) in [6, 6.07) is 5.98. The average Bonchev–Trinajstić information content (AvgIpc) is 2.43. The number of carbonyl (C=O) groups excluding carboxylic acids is 1. The second-order valence-electron chi connectivity index (χ2n) is 4.59. The summed E-state index contributed by atoms with van der Waals surface area (Å²) >= 11 is 0. The third-order valence-electron chi connectivity index (χ3n) is 3.35. The standard InChI is InChI=1S/C14H20N2O2/c1-16(8-9-18-2)14(17)13-5-3-4-11-10-15-7-6-12(11)13/h3-5,15H,6-10H2,1-2H3. The number of hydrogen-bond acceptors (Lipinski definition) is 3. The van der Waals surface area contributed by atoms with Crippen molar-refractivity contribution in [2.75, 3.05) is 33.9 Å². The smallest absolute Gasteiger partial charge is 0.253 e. The first kappa shape index (κ1) is 13.1. The molecule has 2 rings (SSSR count). The Hall–Kier alpha value is -1.39. The molecule has 1 N–H and O–H groups in total. The fourth-order valence-corrected chi connectivity index (χ4v) is 2.27. The van der Waals surface area contributed by atoms with E-state index in [-0.39, 0.29) is 5.91 Å². The highest BCUT2D eigenvalue weighted by molar-refractivity contribution is 5.96. The van der Waals surface area contributed by atoms with Gasteiger partial charge >= 0.3 is 0 Å². The lowest BCUT2D eigenvalue weighted by Crippen LogP contribution is -2.32.